The topological polar surface area (TPSA) is 0 Å². The maximum Gasteiger partial charge on any atom is 2.00 e. The van der Waals surface area contributed by atoms with Crippen LogP contribution in [0.25, 0.3) is 0 Å². The molecule has 3 aromatic rings. The molecule has 3 aromatic carbocycles. The van der Waals surface area contributed by atoms with Crippen molar-refractivity contribution in [2.45, 2.75) is 5.66 Å². The molecule has 0 saturated heterocycles. The molecule has 0 spiro atoms. The number of benzene rings is 3. The monoisotopic (exact) mass is 460 g/mol. The minimum Gasteiger partial charge on any atom is -0.0622 e. The van der Waals surface area contributed by atoms with Crippen molar-refractivity contribution in [1.29, 1.82) is 0 Å². The molecule has 0 N–H and O–H groups in total. The van der Waals surface area contributed by atoms with Crippen LogP contribution < -0.4 is 10.6 Å². The SMILES string of the molecule is [CH]1[CH][CH][CH][CH]1.[CH]1[CH][CH][C](C(c2ccccc2)P(c2ccccc2)c2ccccc2)[CH]1.[Fe+2]. The van der Waals surface area contributed by atoms with E-state index in [1.165, 1.54) is 22.1 Å². The Morgan fingerprint density at radius 2 is 0.839 bits per heavy atom. The summed E-state index contributed by atoms with van der Waals surface area (Å²) in [6, 6.07) is 32.8. The Morgan fingerprint density at radius 3 is 1.26 bits per heavy atom. The van der Waals surface area contributed by atoms with E-state index in [0.717, 1.165) is 0 Å². The van der Waals surface area contributed by atoms with E-state index in [0.29, 0.717) is 5.66 Å². The first-order valence-corrected chi connectivity index (χ1v) is 11.7. The van der Waals surface area contributed by atoms with Crippen LogP contribution in [-0.2, 0) is 17.1 Å². The average molecular weight is 460 g/mol. The Kier molecular flexibility index (Phi) is 10.3. The van der Waals surface area contributed by atoms with Gasteiger partial charge >= 0.3 is 17.1 Å². The van der Waals surface area contributed by atoms with Gasteiger partial charge in [-0.25, -0.2) is 0 Å². The Morgan fingerprint density at radius 1 is 0.452 bits per heavy atom. The Balaban J connectivity index is 0.000000401. The number of rotatable bonds is 5. The maximum atomic E-state index is 2.28. The zero-order valence-electron chi connectivity index (χ0n) is 17.2. The summed E-state index contributed by atoms with van der Waals surface area (Å²) in [6.07, 6.45) is 18.8. The van der Waals surface area contributed by atoms with Crippen LogP contribution in [0, 0.1) is 63.7 Å². The van der Waals surface area contributed by atoms with E-state index in [1.54, 1.807) is 0 Å². The van der Waals surface area contributed by atoms with E-state index in [9.17, 15) is 0 Å². The fourth-order valence-corrected chi connectivity index (χ4v) is 6.46. The van der Waals surface area contributed by atoms with Crippen molar-refractivity contribution in [2.75, 3.05) is 0 Å². The zero-order chi connectivity index (χ0) is 20.4. The summed E-state index contributed by atoms with van der Waals surface area (Å²) in [5.41, 5.74) is 1.74. The first kappa shape index (κ1) is 24.3. The minimum atomic E-state index is -0.541. The van der Waals surface area contributed by atoms with E-state index in [2.05, 4.69) is 117 Å². The molecule has 10 radical (unpaired) electrons. The van der Waals surface area contributed by atoms with Crippen LogP contribution in [0.15, 0.2) is 91.0 Å². The summed E-state index contributed by atoms with van der Waals surface area (Å²) >= 11 is 0. The summed E-state index contributed by atoms with van der Waals surface area (Å²) in [5.74, 6) is 1.39. The molecule has 0 nitrogen and oxygen atoms in total. The van der Waals surface area contributed by atoms with Crippen molar-refractivity contribution < 1.29 is 17.1 Å². The predicted molar refractivity (Wildman–Crippen MR) is 130 cm³/mol. The standard InChI is InChI=1S/C24H20P.C5H5.Fe/c1-4-12-20(13-5-1)24(21-14-10-11-15-21)25(22-16-6-2-7-17-22)23-18-8-3-9-19-23;1-2-4-5-3-1;/h1-19,24H;1-5H;/q;;+2. The summed E-state index contributed by atoms with van der Waals surface area (Å²) in [4.78, 5) is 0. The number of hydrogen-bond donors (Lipinski definition) is 0. The van der Waals surface area contributed by atoms with Crippen molar-refractivity contribution >= 4 is 18.5 Å². The van der Waals surface area contributed by atoms with E-state index < -0.39 is 7.92 Å². The molecule has 31 heavy (non-hydrogen) atoms. The van der Waals surface area contributed by atoms with Crippen LogP contribution in [0.2, 0.25) is 0 Å². The van der Waals surface area contributed by atoms with Crippen molar-refractivity contribution in [3.8, 4) is 0 Å². The third-order valence-corrected chi connectivity index (χ3v) is 7.82. The summed E-state index contributed by atoms with van der Waals surface area (Å²) in [6.45, 7) is 0. The average Bonchev–Trinajstić information content (AvgIpc) is 3.56. The molecule has 0 bridgehead atoms. The van der Waals surface area contributed by atoms with Gasteiger partial charge in [0.2, 0.25) is 0 Å². The molecule has 2 heteroatoms. The van der Waals surface area contributed by atoms with E-state index in [-0.39, 0.29) is 17.1 Å². The second kappa shape index (κ2) is 13.2. The second-order valence-corrected chi connectivity index (χ2v) is 9.32. The molecule has 2 aliphatic carbocycles. The molecule has 2 saturated carbocycles. The largest absolute Gasteiger partial charge is 2.00 e. The zero-order valence-corrected chi connectivity index (χ0v) is 19.2. The van der Waals surface area contributed by atoms with Gasteiger partial charge in [-0.15, -0.1) is 0 Å². The van der Waals surface area contributed by atoms with E-state index in [1.807, 2.05) is 32.1 Å². The normalized spacial score (nSPS) is 16.9. The van der Waals surface area contributed by atoms with E-state index >= 15 is 0 Å². The first-order chi connectivity index (χ1) is 14.9. The van der Waals surface area contributed by atoms with Gasteiger partial charge < -0.3 is 0 Å². The molecule has 2 aliphatic rings. The molecule has 0 heterocycles. The fraction of sp³-hybridized carbons (Fsp3) is 0.0345. The van der Waals surface area contributed by atoms with Crippen molar-refractivity contribution in [3.05, 3.63) is 160 Å². The van der Waals surface area contributed by atoms with Gasteiger partial charge in [0.25, 0.3) is 0 Å². The van der Waals surface area contributed by atoms with Crippen LogP contribution in [-0.4, -0.2) is 0 Å². The van der Waals surface area contributed by atoms with Gasteiger partial charge in [-0.05, 0) is 87.8 Å². The van der Waals surface area contributed by atoms with Crippen molar-refractivity contribution in [2.24, 2.45) is 0 Å². The molecule has 5 rings (SSSR count). The minimum absolute atomic E-state index is 0. The van der Waals surface area contributed by atoms with Crippen LogP contribution in [0.5, 0.6) is 0 Å². The first-order valence-electron chi connectivity index (χ1n) is 10.3. The van der Waals surface area contributed by atoms with E-state index in [4.69, 9.17) is 0 Å². The van der Waals surface area contributed by atoms with Gasteiger partial charge in [0.1, 0.15) is 0 Å². The molecule has 0 aromatic heterocycles. The van der Waals surface area contributed by atoms with Crippen LogP contribution in [0.1, 0.15) is 11.2 Å². The van der Waals surface area contributed by atoms with Crippen LogP contribution in [0.4, 0.5) is 0 Å². The van der Waals surface area contributed by atoms with Gasteiger partial charge in [0, 0.05) is 5.66 Å². The molecule has 2 fully saturated rings. The van der Waals surface area contributed by atoms with Gasteiger partial charge in [0.05, 0.1) is 0 Å². The molecule has 1 atom stereocenters. The van der Waals surface area contributed by atoms with Crippen LogP contribution in [0.3, 0.4) is 0 Å². The quantitative estimate of drug-likeness (QED) is 0.310. The Labute approximate surface area is 201 Å². The van der Waals surface area contributed by atoms with Gasteiger partial charge in [-0.1, -0.05) is 91.0 Å². The molecule has 0 aliphatic heterocycles. The summed E-state index contributed by atoms with van der Waals surface area (Å²) in [5, 5.41) is 2.83. The maximum absolute atomic E-state index is 2.28. The van der Waals surface area contributed by atoms with Crippen molar-refractivity contribution in [3.63, 3.8) is 0 Å². The van der Waals surface area contributed by atoms with Gasteiger partial charge in [0.15, 0.2) is 0 Å². The summed E-state index contributed by atoms with van der Waals surface area (Å²) < 4.78 is 0. The summed E-state index contributed by atoms with van der Waals surface area (Å²) in [7, 11) is -0.541. The molecule has 152 valence electrons. The number of hydrogen-bond acceptors (Lipinski definition) is 0. The Bertz CT molecular complexity index is 793. The van der Waals surface area contributed by atoms with Crippen molar-refractivity contribution in [1.82, 2.24) is 0 Å². The molecular formula is C29H25FeP+2. The molecule has 1 unspecified atom stereocenters. The molecule has 0 amide bonds. The third-order valence-electron chi connectivity index (χ3n) is 5.00. The predicted octanol–water partition coefficient (Wildman–Crippen LogP) is 6.28. The third kappa shape index (κ3) is 6.79. The smallest absolute Gasteiger partial charge is 0.0622 e. The van der Waals surface area contributed by atoms with Crippen LogP contribution >= 0.6 is 7.92 Å². The fourth-order valence-electron chi connectivity index (χ4n) is 3.64. The second-order valence-electron chi connectivity index (χ2n) is 7.03. The Hall–Kier alpha value is -1.39. The van der Waals surface area contributed by atoms with Gasteiger partial charge in [-0.3, -0.25) is 0 Å². The van der Waals surface area contributed by atoms with Gasteiger partial charge in [-0.2, -0.15) is 0 Å². The molecular weight excluding hydrogens is 435 g/mol.